The molecule has 2 rings (SSSR count). The maximum Gasteiger partial charge on any atom is 0.228 e. The molecule has 0 bridgehead atoms. The average molecular weight is 283 g/mol. The Morgan fingerprint density at radius 1 is 1.00 bits per heavy atom. The summed E-state index contributed by atoms with van der Waals surface area (Å²) in [5, 5.41) is 5.45. The second-order valence-corrected chi connectivity index (χ2v) is 4.69. The summed E-state index contributed by atoms with van der Waals surface area (Å²) in [7, 11) is 0. The summed E-state index contributed by atoms with van der Waals surface area (Å²) < 4.78 is 0. The molecule has 2 aromatic carbocycles. The van der Waals surface area contributed by atoms with E-state index in [0.29, 0.717) is 17.1 Å². The lowest BCUT2D eigenvalue weighted by Gasteiger charge is -2.09. The predicted octanol–water partition coefficient (Wildman–Crippen LogP) is 2.41. The summed E-state index contributed by atoms with van der Waals surface area (Å²) in [5.41, 5.74) is 8.46. The smallest absolute Gasteiger partial charge is 0.228 e. The maximum atomic E-state index is 12.0. The number of nitrogen functional groups attached to an aromatic ring is 1. The molecule has 0 radical (unpaired) electrons. The van der Waals surface area contributed by atoms with Gasteiger partial charge in [-0.05, 0) is 29.8 Å². The van der Waals surface area contributed by atoms with Gasteiger partial charge in [-0.3, -0.25) is 9.59 Å². The summed E-state index contributed by atoms with van der Waals surface area (Å²) in [5.74, 6) is -0.316. The van der Waals surface area contributed by atoms with Crippen molar-refractivity contribution in [2.45, 2.75) is 13.3 Å². The molecule has 0 fully saturated rings. The molecule has 0 heterocycles. The van der Waals surface area contributed by atoms with Crippen LogP contribution in [0.3, 0.4) is 0 Å². The summed E-state index contributed by atoms with van der Waals surface area (Å²) in [6.07, 6.45) is 0.205. The van der Waals surface area contributed by atoms with E-state index in [1.165, 1.54) is 6.92 Å². The minimum Gasteiger partial charge on any atom is -0.398 e. The highest BCUT2D eigenvalue weighted by Gasteiger charge is 2.07. The number of amides is 2. The number of nitrogens with two attached hydrogens (primary N) is 1. The third-order valence-corrected chi connectivity index (χ3v) is 2.87. The molecule has 0 aliphatic rings. The molecule has 0 aromatic heterocycles. The Balaban J connectivity index is 2.03. The Morgan fingerprint density at radius 2 is 1.67 bits per heavy atom. The molecule has 5 nitrogen and oxygen atoms in total. The van der Waals surface area contributed by atoms with Gasteiger partial charge in [-0.25, -0.2) is 0 Å². The third kappa shape index (κ3) is 4.35. The van der Waals surface area contributed by atoms with E-state index in [1.54, 1.807) is 30.3 Å². The molecule has 4 N–H and O–H groups in total. The highest BCUT2D eigenvalue weighted by molar-refractivity contribution is 5.94. The number of para-hydroxylation sites is 1. The minimum absolute atomic E-state index is 0.157. The maximum absolute atomic E-state index is 12.0. The Bertz CT molecular complexity index is 668. The van der Waals surface area contributed by atoms with Gasteiger partial charge in [0.05, 0.1) is 6.42 Å². The Morgan fingerprint density at radius 3 is 2.33 bits per heavy atom. The number of anilines is 3. The van der Waals surface area contributed by atoms with Crippen LogP contribution in [0.1, 0.15) is 12.5 Å². The Hall–Kier alpha value is -2.82. The van der Waals surface area contributed by atoms with Gasteiger partial charge in [0.1, 0.15) is 0 Å². The van der Waals surface area contributed by atoms with Gasteiger partial charge in [0.15, 0.2) is 0 Å². The first-order valence-corrected chi connectivity index (χ1v) is 6.55. The summed E-state index contributed by atoms with van der Waals surface area (Å²) in [4.78, 5) is 23.0. The van der Waals surface area contributed by atoms with Crippen molar-refractivity contribution in [3.05, 3.63) is 54.1 Å². The van der Waals surface area contributed by atoms with E-state index in [1.807, 2.05) is 18.2 Å². The van der Waals surface area contributed by atoms with Gasteiger partial charge in [-0.1, -0.05) is 24.3 Å². The van der Waals surface area contributed by atoms with E-state index in [0.717, 1.165) is 5.56 Å². The summed E-state index contributed by atoms with van der Waals surface area (Å²) >= 11 is 0. The molecular weight excluding hydrogens is 266 g/mol. The number of carbonyl (C=O) groups is 2. The Kier molecular flexibility index (Phi) is 4.56. The van der Waals surface area contributed by atoms with Gasteiger partial charge >= 0.3 is 0 Å². The molecule has 5 heteroatoms. The van der Waals surface area contributed by atoms with Crippen molar-refractivity contribution >= 4 is 28.9 Å². The van der Waals surface area contributed by atoms with Crippen LogP contribution < -0.4 is 16.4 Å². The van der Waals surface area contributed by atoms with Crippen molar-refractivity contribution in [1.29, 1.82) is 0 Å². The van der Waals surface area contributed by atoms with Crippen LogP contribution in [0.15, 0.2) is 48.5 Å². The fourth-order valence-corrected chi connectivity index (χ4v) is 1.95. The fraction of sp³-hybridized carbons (Fsp3) is 0.125. The fourth-order valence-electron chi connectivity index (χ4n) is 1.95. The zero-order chi connectivity index (χ0) is 15.2. The number of carbonyl (C=O) groups excluding carboxylic acids is 2. The topological polar surface area (TPSA) is 84.2 Å². The van der Waals surface area contributed by atoms with Crippen molar-refractivity contribution in [3.8, 4) is 0 Å². The summed E-state index contributed by atoms with van der Waals surface area (Å²) in [6, 6.07) is 14.2. The van der Waals surface area contributed by atoms with Crippen molar-refractivity contribution in [2.75, 3.05) is 16.4 Å². The molecule has 21 heavy (non-hydrogen) atoms. The molecule has 0 aliphatic heterocycles. The zero-order valence-electron chi connectivity index (χ0n) is 11.7. The lowest BCUT2D eigenvalue weighted by molar-refractivity contribution is -0.115. The van der Waals surface area contributed by atoms with Crippen molar-refractivity contribution in [3.63, 3.8) is 0 Å². The first kappa shape index (κ1) is 14.6. The lowest BCUT2D eigenvalue weighted by Crippen LogP contribution is -2.15. The molecule has 0 spiro atoms. The number of hydrogen-bond donors (Lipinski definition) is 3. The normalized spacial score (nSPS) is 9.95. The molecule has 0 atom stereocenters. The van der Waals surface area contributed by atoms with E-state index < -0.39 is 0 Å². The van der Waals surface area contributed by atoms with Crippen LogP contribution in [0.2, 0.25) is 0 Å². The second kappa shape index (κ2) is 6.56. The van der Waals surface area contributed by atoms with Crippen LogP contribution in [0.25, 0.3) is 0 Å². The average Bonchev–Trinajstić information content (AvgIpc) is 2.41. The van der Waals surface area contributed by atoms with Crippen molar-refractivity contribution in [2.24, 2.45) is 0 Å². The highest BCUT2D eigenvalue weighted by Crippen LogP contribution is 2.16. The first-order valence-electron chi connectivity index (χ1n) is 6.55. The molecule has 2 amide bonds. The zero-order valence-corrected chi connectivity index (χ0v) is 11.7. The monoisotopic (exact) mass is 283 g/mol. The third-order valence-electron chi connectivity index (χ3n) is 2.87. The van der Waals surface area contributed by atoms with Gasteiger partial charge in [-0.15, -0.1) is 0 Å². The molecule has 0 saturated carbocycles. The standard InChI is InChI=1S/C16H17N3O2/c1-11(20)18-13-6-4-7-14(10-13)19-16(21)9-12-5-2-3-8-15(12)17/h2-8,10H,9,17H2,1H3,(H,18,20)(H,19,21). The van der Waals surface area contributed by atoms with Crippen molar-refractivity contribution in [1.82, 2.24) is 0 Å². The number of rotatable bonds is 4. The van der Waals surface area contributed by atoms with Crippen LogP contribution in [0.4, 0.5) is 17.1 Å². The van der Waals surface area contributed by atoms with E-state index in [9.17, 15) is 9.59 Å². The van der Waals surface area contributed by atoms with Gasteiger partial charge in [0.25, 0.3) is 0 Å². The molecule has 0 saturated heterocycles. The highest BCUT2D eigenvalue weighted by atomic mass is 16.2. The largest absolute Gasteiger partial charge is 0.398 e. The van der Waals surface area contributed by atoms with Gasteiger partial charge in [0.2, 0.25) is 11.8 Å². The number of nitrogens with one attached hydrogen (secondary N) is 2. The van der Waals surface area contributed by atoms with Crippen LogP contribution in [0.5, 0.6) is 0 Å². The van der Waals surface area contributed by atoms with Crippen LogP contribution in [-0.2, 0) is 16.0 Å². The van der Waals surface area contributed by atoms with E-state index in [2.05, 4.69) is 10.6 Å². The second-order valence-electron chi connectivity index (χ2n) is 4.69. The van der Waals surface area contributed by atoms with Gasteiger partial charge in [-0.2, -0.15) is 0 Å². The van der Waals surface area contributed by atoms with Gasteiger partial charge in [0, 0.05) is 24.0 Å². The van der Waals surface area contributed by atoms with Crippen LogP contribution >= 0.6 is 0 Å². The molecule has 108 valence electrons. The van der Waals surface area contributed by atoms with E-state index in [4.69, 9.17) is 5.73 Å². The minimum atomic E-state index is -0.159. The summed E-state index contributed by atoms with van der Waals surface area (Å²) in [6.45, 7) is 1.43. The SMILES string of the molecule is CC(=O)Nc1cccc(NC(=O)Cc2ccccc2N)c1. The number of benzene rings is 2. The Labute approximate surface area is 123 Å². The molecule has 2 aromatic rings. The lowest BCUT2D eigenvalue weighted by atomic mass is 10.1. The number of hydrogen-bond acceptors (Lipinski definition) is 3. The molecule has 0 unspecified atom stereocenters. The van der Waals surface area contributed by atoms with Crippen LogP contribution in [0, 0.1) is 0 Å². The predicted molar refractivity (Wildman–Crippen MR) is 83.9 cm³/mol. The van der Waals surface area contributed by atoms with Crippen molar-refractivity contribution < 1.29 is 9.59 Å². The van der Waals surface area contributed by atoms with E-state index in [-0.39, 0.29) is 18.2 Å². The quantitative estimate of drug-likeness (QED) is 0.753. The van der Waals surface area contributed by atoms with Crippen LogP contribution in [-0.4, -0.2) is 11.8 Å². The van der Waals surface area contributed by atoms with E-state index >= 15 is 0 Å². The van der Waals surface area contributed by atoms with Gasteiger partial charge < -0.3 is 16.4 Å². The molecular formula is C16H17N3O2. The molecule has 0 aliphatic carbocycles. The first-order chi connectivity index (χ1) is 10.0.